The molecule has 2 aromatic heterocycles. The van der Waals surface area contributed by atoms with Crippen LogP contribution in [0.3, 0.4) is 0 Å². The van der Waals surface area contributed by atoms with E-state index in [-0.39, 0.29) is 24.0 Å². The third-order valence-corrected chi connectivity index (χ3v) is 4.76. The SMILES string of the molecule is CCNC(=NCc1ccc(-n2ccnc2)nc1)NCCN(CC)c1cccc(C)c1.I. The molecule has 0 aliphatic carbocycles. The quantitative estimate of drug-likeness (QED) is 0.249. The number of hydrogen-bond acceptors (Lipinski definition) is 4. The zero-order chi connectivity index (χ0) is 21.2. The Labute approximate surface area is 202 Å². The van der Waals surface area contributed by atoms with E-state index in [1.165, 1.54) is 11.3 Å². The first-order chi connectivity index (χ1) is 14.7. The largest absolute Gasteiger partial charge is 0.370 e. The van der Waals surface area contributed by atoms with Crippen LogP contribution in [0.2, 0.25) is 0 Å². The van der Waals surface area contributed by atoms with Crippen LogP contribution >= 0.6 is 24.0 Å². The molecular formula is C23H32IN7. The fourth-order valence-electron chi connectivity index (χ4n) is 3.17. The second kappa shape index (κ2) is 12.9. The highest BCUT2D eigenvalue weighted by Crippen LogP contribution is 2.15. The van der Waals surface area contributed by atoms with Crippen LogP contribution in [0, 0.1) is 6.92 Å². The van der Waals surface area contributed by atoms with Gasteiger partial charge in [0.25, 0.3) is 0 Å². The minimum absolute atomic E-state index is 0. The lowest BCUT2D eigenvalue weighted by molar-refractivity contribution is 0.751. The summed E-state index contributed by atoms with van der Waals surface area (Å²) in [6, 6.07) is 12.7. The summed E-state index contributed by atoms with van der Waals surface area (Å²) in [5.41, 5.74) is 3.60. The molecule has 8 heteroatoms. The number of anilines is 1. The zero-order valence-electron chi connectivity index (χ0n) is 18.5. The number of benzene rings is 1. The standard InChI is InChI=1S/C23H31N7.HI/c1-4-25-23(26-12-14-29(5-2)21-8-6-7-19(3)15-21)28-17-20-9-10-22(27-16-20)30-13-11-24-18-30;/h6-11,13,15-16,18H,4-5,12,14,17H2,1-3H3,(H2,25,26,28);1H. The smallest absolute Gasteiger partial charge is 0.191 e. The molecule has 0 aliphatic heterocycles. The van der Waals surface area contributed by atoms with Gasteiger partial charge in [0.15, 0.2) is 5.96 Å². The highest BCUT2D eigenvalue weighted by molar-refractivity contribution is 14.0. The number of guanidine groups is 1. The van der Waals surface area contributed by atoms with Crippen LogP contribution in [0.1, 0.15) is 25.0 Å². The topological polar surface area (TPSA) is 70.4 Å². The van der Waals surface area contributed by atoms with Gasteiger partial charge in [-0.3, -0.25) is 4.57 Å². The average Bonchev–Trinajstić information content (AvgIpc) is 3.30. The number of aromatic nitrogens is 3. The number of aryl methyl sites for hydroxylation is 1. The summed E-state index contributed by atoms with van der Waals surface area (Å²) in [7, 11) is 0. The number of aliphatic imine (C=N–C) groups is 1. The van der Waals surface area contributed by atoms with E-state index in [9.17, 15) is 0 Å². The number of nitrogens with zero attached hydrogens (tertiary/aromatic N) is 5. The first kappa shape index (κ1) is 24.6. The van der Waals surface area contributed by atoms with Crippen LogP contribution in [-0.2, 0) is 6.54 Å². The molecule has 0 bridgehead atoms. The fraction of sp³-hybridized carbons (Fsp3) is 0.348. The molecule has 0 atom stereocenters. The van der Waals surface area contributed by atoms with E-state index >= 15 is 0 Å². The molecule has 0 saturated heterocycles. The molecule has 0 fully saturated rings. The highest BCUT2D eigenvalue weighted by atomic mass is 127. The van der Waals surface area contributed by atoms with Crippen LogP contribution in [-0.4, -0.2) is 46.7 Å². The van der Waals surface area contributed by atoms with Crippen molar-refractivity contribution >= 4 is 35.6 Å². The Balaban J connectivity index is 0.00000341. The maximum Gasteiger partial charge on any atom is 0.191 e. The summed E-state index contributed by atoms with van der Waals surface area (Å²) >= 11 is 0. The number of imidazole rings is 1. The van der Waals surface area contributed by atoms with Crippen molar-refractivity contribution in [1.29, 1.82) is 0 Å². The van der Waals surface area contributed by atoms with E-state index in [0.29, 0.717) is 6.54 Å². The van der Waals surface area contributed by atoms with E-state index in [0.717, 1.165) is 43.5 Å². The first-order valence-electron chi connectivity index (χ1n) is 10.5. The Bertz CT molecular complexity index is 923. The Hall–Kier alpha value is -2.62. The summed E-state index contributed by atoms with van der Waals surface area (Å²) in [6.07, 6.45) is 7.22. The summed E-state index contributed by atoms with van der Waals surface area (Å²) < 4.78 is 1.88. The lowest BCUT2D eigenvalue weighted by Crippen LogP contribution is -2.41. The van der Waals surface area contributed by atoms with Crippen LogP contribution < -0.4 is 15.5 Å². The molecular weight excluding hydrogens is 501 g/mol. The van der Waals surface area contributed by atoms with Gasteiger partial charge in [-0.15, -0.1) is 24.0 Å². The predicted octanol–water partition coefficient (Wildman–Crippen LogP) is 3.78. The van der Waals surface area contributed by atoms with Crippen molar-refractivity contribution in [3.8, 4) is 5.82 Å². The predicted molar refractivity (Wildman–Crippen MR) is 139 cm³/mol. The molecule has 166 valence electrons. The lowest BCUT2D eigenvalue weighted by atomic mass is 10.2. The van der Waals surface area contributed by atoms with Gasteiger partial charge in [0, 0.05) is 50.5 Å². The maximum absolute atomic E-state index is 4.70. The Kier molecular flexibility index (Phi) is 10.3. The molecule has 2 heterocycles. The van der Waals surface area contributed by atoms with Crippen molar-refractivity contribution < 1.29 is 0 Å². The third kappa shape index (κ3) is 7.54. The number of rotatable bonds is 9. The van der Waals surface area contributed by atoms with E-state index in [2.05, 4.69) is 70.5 Å². The molecule has 3 rings (SSSR count). The van der Waals surface area contributed by atoms with Gasteiger partial charge < -0.3 is 15.5 Å². The summed E-state index contributed by atoms with van der Waals surface area (Å²) in [5.74, 6) is 1.66. The van der Waals surface area contributed by atoms with Crippen molar-refractivity contribution in [3.05, 3.63) is 72.4 Å². The number of nitrogens with one attached hydrogen (secondary N) is 2. The van der Waals surface area contributed by atoms with Gasteiger partial charge in [-0.05, 0) is 50.1 Å². The van der Waals surface area contributed by atoms with Gasteiger partial charge >= 0.3 is 0 Å². The maximum atomic E-state index is 4.70. The van der Waals surface area contributed by atoms with Gasteiger partial charge in [-0.1, -0.05) is 18.2 Å². The monoisotopic (exact) mass is 533 g/mol. The molecule has 3 aromatic rings. The normalized spacial score (nSPS) is 11.0. The van der Waals surface area contributed by atoms with Gasteiger partial charge in [-0.2, -0.15) is 0 Å². The van der Waals surface area contributed by atoms with Crippen LogP contribution in [0.4, 0.5) is 5.69 Å². The van der Waals surface area contributed by atoms with Crippen molar-refractivity contribution in [2.75, 3.05) is 31.1 Å². The number of halogens is 1. The molecule has 0 amide bonds. The summed E-state index contributed by atoms with van der Waals surface area (Å²) in [6.45, 7) is 10.5. The van der Waals surface area contributed by atoms with E-state index in [1.807, 2.05) is 29.1 Å². The molecule has 1 aromatic carbocycles. The molecule has 2 N–H and O–H groups in total. The summed E-state index contributed by atoms with van der Waals surface area (Å²) in [4.78, 5) is 15.6. The molecule has 0 radical (unpaired) electrons. The molecule has 0 aliphatic rings. The Morgan fingerprint density at radius 1 is 1.16 bits per heavy atom. The van der Waals surface area contributed by atoms with Crippen molar-refractivity contribution in [1.82, 2.24) is 25.2 Å². The van der Waals surface area contributed by atoms with Crippen LogP contribution in [0.15, 0.2) is 66.3 Å². The number of hydrogen-bond donors (Lipinski definition) is 2. The fourth-order valence-corrected chi connectivity index (χ4v) is 3.17. The van der Waals surface area contributed by atoms with Gasteiger partial charge in [0.1, 0.15) is 12.1 Å². The van der Waals surface area contributed by atoms with Gasteiger partial charge in [0.05, 0.1) is 6.54 Å². The van der Waals surface area contributed by atoms with E-state index in [4.69, 9.17) is 4.99 Å². The molecule has 31 heavy (non-hydrogen) atoms. The minimum atomic E-state index is 0. The average molecular weight is 533 g/mol. The highest BCUT2D eigenvalue weighted by Gasteiger charge is 2.05. The third-order valence-electron chi connectivity index (χ3n) is 4.76. The number of likely N-dealkylation sites (N-methyl/N-ethyl adjacent to an activating group) is 1. The molecule has 7 nitrogen and oxygen atoms in total. The van der Waals surface area contributed by atoms with Gasteiger partial charge in [0.2, 0.25) is 0 Å². The Morgan fingerprint density at radius 3 is 2.68 bits per heavy atom. The second-order valence-electron chi connectivity index (χ2n) is 7.04. The first-order valence-corrected chi connectivity index (χ1v) is 10.5. The lowest BCUT2D eigenvalue weighted by Gasteiger charge is -2.24. The van der Waals surface area contributed by atoms with Crippen molar-refractivity contribution in [3.63, 3.8) is 0 Å². The van der Waals surface area contributed by atoms with Crippen LogP contribution in [0.5, 0.6) is 0 Å². The molecule has 0 saturated carbocycles. The van der Waals surface area contributed by atoms with Crippen molar-refractivity contribution in [2.24, 2.45) is 4.99 Å². The van der Waals surface area contributed by atoms with E-state index in [1.54, 1.807) is 12.5 Å². The van der Waals surface area contributed by atoms with Gasteiger partial charge in [-0.25, -0.2) is 15.0 Å². The molecule has 0 unspecified atom stereocenters. The number of pyridine rings is 1. The Morgan fingerprint density at radius 2 is 2.03 bits per heavy atom. The van der Waals surface area contributed by atoms with Crippen molar-refractivity contribution in [2.45, 2.75) is 27.3 Å². The van der Waals surface area contributed by atoms with Crippen LogP contribution in [0.25, 0.3) is 5.82 Å². The summed E-state index contributed by atoms with van der Waals surface area (Å²) in [5, 5.41) is 6.75. The minimum Gasteiger partial charge on any atom is -0.370 e. The van der Waals surface area contributed by atoms with E-state index < -0.39 is 0 Å². The molecule has 0 spiro atoms. The second-order valence-corrected chi connectivity index (χ2v) is 7.04. The zero-order valence-corrected chi connectivity index (χ0v) is 20.8.